The van der Waals surface area contributed by atoms with E-state index >= 15 is 0 Å². The summed E-state index contributed by atoms with van der Waals surface area (Å²) in [6.07, 6.45) is 3.14. The molecule has 3 aromatic carbocycles. The zero-order valence-corrected chi connectivity index (χ0v) is 20.4. The summed E-state index contributed by atoms with van der Waals surface area (Å²) in [7, 11) is 3.62. The van der Waals surface area contributed by atoms with Gasteiger partial charge in [0.2, 0.25) is 0 Å². The molecule has 182 valence electrons. The van der Waals surface area contributed by atoms with Crippen LogP contribution < -0.4 is 14.8 Å². The number of aliphatic hydroxyl groups is 1. The summed E-state index contributed by atoms with van der Waals surface area (Å²) >= 11 is 0. The number of hydrogen-bond acceptors (Lipinski definition) is 7. The van der Waals surface area contributed by atoms with Crippen molar-refractivity contribution in [2.75, 3.05) is 32.6 Å². The van der Waals surface area contributed by atoms with Crippen LogP contribution in [0.25, 0.3) is 10.9 Å². The Labute approximate surface area is 210 Å². The number of likely N-dealkylation sites (tertiary alicyclic amines) is 1. The van der Waals surface area contributed by atoms with Gasteiger partial charge in [-0.25, -0.2) is 9.97 Å². The van der Waals surface area contributed by atoms with E-state index in [1.807, 2.05) is 73.8 Å². The van der Waals surface area contributed by atoms with E-state index in [2.05, 4.69) is 32.0 Å². The Hall–Kier alpha value is -4.12. The average Bonchev–Trinajstić information content (AvgIpc) is 2.89. The third kappa shape index (κ3) is 5.41. The van der Waals surface area contributed by atoms with Crippen LogP contribution >= 0.6 is 0 Å². The predicted molar refractivity (Wildman–Crippen MR) is 141 cm³/mol. The van der Waals surface area contributed by atoms with E-state index < -0.39 is 5.60 Å². The van der Waals surface area contributed by atoms with Crippen LogP contribution in [0, 0.1) is 11.8 Å². The van der Waals surface area contributed by atoms with Crippen molar-refractivity contribution in [1.29, 1.82) is 0 Å². The van der Waals surface area contributed by atoms with Crippen LogP contribution in [-0.4, -0.2) is 52.8 Å². The predicted octanol–water partition coefficient (Wildman–Crippen LogP) is 4.98. The van der Waals surface area contributed by atoms with Crippen LogP contribution in [0.3, 0.4) is 0 Å². The molecular weight excluding hydrogens is 452 g/mol. The van der Waals surface area contributed by atoms with Crippen LogP contribution in [0.1, 0.15) is 18.4 Å². The van der Waals surface area contributed by atoms with Gasteiger partial charge in [-0.05, 0) is 68.9 Å². The van der Waals surface area contributed by atoms with E-state index in [9.17, 15) is 5.11 Å². The van der Waals surface area contributed by atoms with Gasteiger partial charge >= 0.3 is 0 Å². The Balaban J connectivity index is 1.41. The first-order valence-electron chi connectivity index (χ1n) is 11.9. The maximum atomic E-state index is 10.9. The summed E-state index contributed by atoms with van der Waals surface area (Å²) in [5.74, 6) is 8.85. The molecule has 0 bridgehead atoms. The normalized spacial score (nSPS) is 17.8. The number of fused-ring (bicyclic) bond motifs is 1. The van der Waals surface area contributed by atoms with Gasteiger partial charge in [0, 0.05) is 29.2 Å². The monoisotopic (exact) mass is 480 g/mol. The van der Waals surface area contributed by atoms with Gasteiger partial charge in [-0.15, -0.1) is 0 Å². The van der Waals surface area contributed by atoms with Gasteiger partial charge < -0.3 is 24.8 Å². The molecular formula is C29H28N4O3. The lowest BCUT2D eigenvalue weighted by Crippen LogP contribution is -2.45. The van der Waals surface area contributed by atoms with Crippen LogP contribution in [0.2, 0.25) is 0 Å². The van der Waals surface area contributed by atoms with Crippen molar-refractivity contribution in [2.24, 2.45) is 0 Å². The zero-order valence-electron chi connectivity index (χ0n) is 20.4. The van der Waals surface area contributed by atoms with Crippen molar-refractivity contribution >= 4 is 22.4 Å². The lowest BCUT2D eigenvalue weighted by molar-refractivity contribution is 0.0263. The number of para-hydroxylation sites is 1. The molecule has 5 rings (SSSR count). The summed E-state index contributed by atoms with van der Waals surface area (Å²) in [6, 6.07) is 21.0. The molecule has 1 unspecified atom stereocenters. The Morgan fingerprint density at radius 2 is 1.89 bits per heavy atom. The van der Waals surface area contributed by atoms with Crippen LogP contribution in [-0.2, 0) is 0 Å². The summed E-state index contributed by atoms with van der Waals surface area (Å²) in [5, 5.41) is 15.1. The van der Waals surface area contributed by atoms with Crippen molar-refractivity contribution < 1.29 is 14.6 Å². The number of aromatic nitrogens is 2. The van der Waals surface area contributed by atoms with Crippen LogP contribution in [0.5, 0.6) is 17.2 Å². The molecule has 2 heterocycles. The third-order valence-electron chi connectivity index (χ3n) is 6.13. The molecule has 4 aromatic rings. The number of benzene rings is 3. The lowest BCUT2D eigenvalue weighted by Gasteiger charge is -2.33. The fourth-order valence-electron chi connectivity index (χ4n) is 4.35. The second kappa shape index (κ2) is 10.2. The summed E-state index contributed by atoms with van der Waals surface area (Å²) in [5.41, 5.74) is 1.40. The molecule has 1 saturated heterocycles. The molecule has 1 aliphatic rings. The highest BCUT2D eigenvalue weighted by Gasteiger charge is 2.29. The van der Waals surface area contributed by atoms with Crippen molar-refractivity contribution in [3.63, 3.8) is 0 Å². The smallest absolute Gasteiger partial charge is 0.169 e. The van der Waals surface area contributed by atoms with E-state index in [0.717, 1.165) is 40.9 Å². The van der Waals surface area contributed by atoms with Gasteiger partial charge in [-0.1, -0.05) is 30.0 Å². The third-order valence-corrected chi connectivity index (χ3v) is 6.13. The number of likely N-dealkylation sites (N-methyl/N-ethyl adjacent to an activating group) is 1. The summed E-state index contributed by atoms with van der Waals surface area (Å²) < 4.78 is 11.5. The highest BCUT2D eigenvalue weighted by atomic mass is 16.5. The summed E-state index contributed by atoms with van der Waals surface area (Å²) in [4.78, 5) is 11.0. The minimum absolute atomic E-state index is 0.551. The minimum atomic E-state index is -0.990. The molecule has 7 nitrogen and oxygen atoms in total. The van der Waals surface area contributed by atoms with Gasteiger partial charge in [-0.2, -0.15) is 0 Å². The second-order valence-electron chi connectivity index (χ2n) is 8.98. The fraction of sp³-hybridized carbons (Fsp3) is 0.241. The molecule has 1 aromatic heterocycles. The van der Waals surface area contributed by atoms with Crippen molar-refractivity contribution in [3.05, 3.63) is 78.6 Å². The highest BCUT2D eigenvalue weighted by Crippen LogP contribution is 2.35. The lowest BCUT2D eigenvalue weighted by atomic mass is 9.93. The van der Waals surface area contributed by atoms with E-state index in [1.165, 1.54) is 6.33 Å². The van der Waals surface area contributed by atoms with Crippen molar-refractivity contribution in [1.82, 2.24) is 14.9 Å². The Kier molecular flexibility index (Phi) is 6.72. The second-order valence-corrected chi connectivity index (χ2v) is 8.98. The molecule has 7 heteroatoms. The molecule has 0 aliphatic carbocycles. The first kappa shape index (κ1) is 23.6. The van der Waals surface area contributed by atoms with Crippen molar-refractivity contribution in [3.8, 4) is 29.1 Å². The molecule has 0 spiro atoms. The molecule has 1 atom stereocenters. The van der Waals surface area contributed by atoms with E-state index in [-0.39, 0.29) is 0 Å². The van der Waals surface area contributed by atoms with Crippen LogP contribution in [0.4, 0.5) is 11.5 Å². The van der Waals surface area contributed by atoms with Gasteiger partial charge in [0.15, 0.2) is 11.5 Å². The zero-order chi connectivity index (χ0) is 25.0. The highest BCUT2D eigenvalue weighted by molar-refractivity contribution is 5.91. The molecule has 36 heavy (non-hydrogen) atoms. The first-order valence-corrected chi connectivity index (χ1v) is 11.9. The van der Waals surface area contributed by atoms with Crippen LogP contribution in [0.15, 0.2) is 73.1 Å². The fourth-order valence-corrected chi connectivity index (χ4v) is 4.35. The molecule has 0 saturated carbocycles. The van der Waals surface area contributed by atoms with Gasteiger partial charge in [0.1, 0.15) is 23.5 Å². The Morgan fingerprint density at radius 3 is 2.69 bits per heavy atom. The number of hydrogen-bond donors (Lipinski definition) is 2. The first-order chi connectivity index (χ1) is 17.5. The Morgan fingerprint density at radius 1 is 1.03 bits per heavy atom. The van der Waals surface area contributed by atoms with E-state index in [4.69, 9.17) is 9.47 Å². The Bertz CT molecular complexity index is 1430. The standard InChI is InChI=1S/C29H28N4O3/c1-33-16-6-14-29(34,19-33)15-13-21-9-11-25-24(17-21)28(31-20-30-25)32-22-10-12-26(27(18-22)35-2)36-23-7-4-3-5-8-23/h3-5,7-12,17-18,20,34H,6,14,16,19H2,1-2H3,(H,30,31,32). The SMILES string of the molecule is COc1cc(Nc2ncnc3ccc(C#CC4(O)CCCN(C)C4)cc23)ccc1Oc1ccccc1. The quantitative estimate of drug-likeness (QED) is 0.390. The van der Waals surface area contributed by atoms with Crippen molar-refractivity contribution in [2.45, 2.75) is 18.4 Å². The number of anilines is 2. The van der Waals surface area contributed by atoms with E-state index in [0.29, 0.717) is 30.3 Å². The molecule has 0 radical (unpaired) electrons. The van der Waals surface area contributed by atoms with Gasteiger partial charge in [0.05, 0.1) is 12.6 Å². The number of rotatable bonds is 5. The molecule has 2 N–H and O–H groups in total. The largest absolute Gasteiger partial charge is 0.493 e. The number of nitrogens with zero attached hydrogens (tertiary/aromatic N) is 3. The topological polar surface area (TPSA) is 79.7 Å². The molecule has 1 aliphatic heterocycles. The maximum Gasteiger partial charge on any atom is 0.169 e. The van der Waals surface area contributed by atoms with Gasteiger partial charge in [0.25, 0.3) is 0 Å². The maximum absolute atomic E-state index is 10.9. The minimum Gasteiger partial charge on any atom is -0.493 e. The molecule has 0 amide bonds. The number of ether oxygens (including phenoxy) is 2. The van der Waals surface area contributed by atoms with Gasteiger partial charge in [-0.3, -0.25) is 0 Å². The number of piperidine rings is 1. The number of nitrogens with one attached hydrogen (secondary N) is 1. The number of methoxy groups -OCH3 is 1. The summed E-state index contributed by atoms with van der Waals surface area (Å²) in [6.45, 7) is 1.53. The van der Waals surface area contributed by atoms with E-state index in [1.54, 1.807) is 7.11 Å². The number of β-amino-alcohol motifs (C(OH)–C–C–N with tert-alkyl or cyclic N) is 1. The molecule has 1 fully saturated rings. The average molecular weight is 481 g/mol.